The zero-order chi connectivity index (χ0) is 12.1. The van der Waals surface area contributed by atoms with E-state index in [4.69, 9.17) is 0 Å². The van der Waals surface area contributed by atoms with Crippen molar-refractivity contribution in [3.8, 4) is 0 Å². The molecule has 3 heteroatoms. The Bertz CT molecular complexity index is 162. The number of thiol groups is 1. The molecule has 0 heterocycles. The third-order valence-electron chi connectivity index (χ3n) is 2.66. The van der Waals surface area contributed by atoms with E-state index in [0.29, 0.717) is 6.42 Å². The first kappa shape index (κ1) is 15.8. The average molecular weight is 245 g/mol. The maximum absolute atomic E-state index is 11.4. The van der Waals surface area contributed by atoms with Crippen molar-refractivity contribution in [1.82, 2.24) is 5.32 Å². The minimum atomic E-state index is 0.227. The van der Waals surface area contributed by atoms with Crippen LogP contribution in [0.3, 0.4) is 0 Å². The SMILES string of the molecule is CCCCCCC(=O)NCCCCCCS. The zero-order valence-corrected chi connectivity index (χ0v) is 11.5. The summed E-state index contributed by atoms with van der Waals surface area (Å²) in [7, 11) is 0. The fraction of sp³-hybridized carbons (Fsp3) is 0.923. The van der Waals surface area contributed by atoms with E-state index < -0.39 is 0 Å². The van der Waals surface area contributed by atoms with Gasteiger partial charge in [0.1, 0.15) is 0 Å². The molecule has 0 atom stereocenters. The van der Waals surface area contributed by atoms with Gasteiger partial charge in [0.15, 0.2) is 0 Å². The highest BCUT2D eigenvalue weighted by Gasteiger charge is 1.99. The van der Waals surface area contributed by atoms with Crippen LogP contribution in [0.2, 0.25) is 0 Å². The second-order valence-corrected chi connectivity index (χ2v) is 4.75. The molecule has 2 nitrogen and oxygen atoms in total. The smallest absolute Gasteiger partial charge is 0.219 e. The maximum Gasteiger partial charge on any atom is 0.219 e. The summed E-state index contributed by atoms with van der Waals surface area (Å²) in [4.78, 5) is 11.4. The van der Waals surface area contributed by atoms with Gasteiger partial charge in [-0.15, -0.1) is 0 Å². The first-order chi connectivity index (χ1) is 7.81. The van der Waals surface area contributed by atoms with Crippen LogP contribution in [0.5, 0.6) is 0 Å². The Balaban J connectivity index is 3.11. The van der Waals surface area contributed by atoms with Crippen LogP contribution in [0.25, 0.3) is 0 Å². The van der Waals surface area contributed by atoms with E-state index in [1.807, 2.05) is 0 Å². The van der Waals surface area contributed by atoms with Crippen LogP contribution in [-0.2, 0) is 4.79 Å². The highest BCUT2D eigenvalue weighted by atomic mass is 32.1. The van der Waals surface area contributed by atoms with Crippen LogP contribution in [0, 0.1) is 0 Å². The van der Waals surface area contributed by atoms with Crippen LogP contribution in [0.4, 0.5) is 0 Å². The molecule has 0 rings (SSSR count). The minimum absolute atomic E-state index is 0.227. The Morgan fingerprint density at radius 2 is 1.69 bits per heavy atom. The summed E-state index contributed by atoms with van der Waals surface area (Å²) in [5.74, 6) is 1.20. The number of nitrogens with one attached hydrogen (secondary N) is 1. The quantitative estimate of drug-likeness (QED) is 0.423. The maximum atomic E-state index is 11.4. The molecule has 0 aromatic carbocycles. The second-order valence-electron chi connectivity index (χ2n) is 4.30. The van der Waals surface area contributed by atoms with Crippen molar-refractivity contribution in [2.45, 2.75) is 64.7 Å². The van der Waals surface area contributed by atoms with E-state index in [2.05, 4.69) is 24.9 Å². The van der Waals surface area contributed by atoms with Gasteiger partial charge < -0.3 is 5.32 Å². The van der Waals surface area contributed by atoms with Crippen molar-refractivity contribution in [2.75, 3.05) is 12.3 Å². The minimum Gasteiger partial charge on any atom is -0.356 e. The largest absolute Gasteiger partial charge is 0.356 e. The van der Waals surface area contributed by atoms with Crippen LogP contribution < -0.4 is 5.32 Å². The molecule has 0 saturated heterocycles. The predicted octanol–water partition coefficient (Wildman–Crippen LogP) is 3.56. The normalized spacial score (nSPS) is 10.4. The molecule has 0 aromatic rings. The standard InChI is InChI=1S/C13H27NOS/c1-2-3-4-7-10-13(15)14-11-8-5-6-9-12-16/h16H,2-12H2,1H3,(H,14,15). The van der Waals surface area contributed by atoms with Gasteiger partial charge in [-0.25, -0.2) is 0 Å². The summed E-state index contributed by atoms with van der Waals surface area (Å²) in [6, 6.07) is 0. The molecular formula is C13H27NOS. The fourth-order valence-corrected chi connectivity index (χ4v) is 1.84. The molecule has 96 valence electrons. The molecular weight excluding hydrogens is 218 g/mol. The van der Waals surface area contributed by atoms with Gasteiger partial charge in [-0.05, 0) is 25.0 Å². The molecule has 0 aliphatic carbocycles. The van der Waals surface area contributed by atoms with Gasteiger partial charge in [-0.3, -0.25) is 4.79 Å². The van der Waals surface area contributed by atoms with Crippen molar-refractivity contribution >= 4 is 18.5 Å². The Labute approximate surface area is 106 Å². The molecule has 0 radical (unpaired) electrons. The molecule has 1 N–H and O–H groups in total. The molecule has 0 unspecified atom stereocenters. The third-order valence-corrected chi connectivity index (χ3v) is 2.98. The number of rotatable bonds is 11. The van der Waals surface area contributed by atoms with Gasteiger partial charge in [0.05, 0.1) is 0 Å². The lowest BCUT2D eigenvalue weighted by molar-refractivity contribution is -0.121. The monoisotopic (exact) mass is 245 g/mol. The van der Waals surface area contributed by atoms with E-state index in [-0.39, 0.29) is 5.91 Å². The van der Waals surface area contributed by atoms with Gasteiger partial charge in [0.2, 0.25) is 5.91 Å². The molecule has 0 aliphatic rings. The topological polar surface area (TPSA) is 29.1 Å². The van der Waals surface area contributed by atoms with E-state index in [9.17, 15) is 4.79 Å². The van der Waals surface area contributed by atoms with E-state index in [1.54, 1.807) is 0 Å². The van der Waals surface area contributed by atoms with Crippen LogP contribution in [0.1, 0.15) is 64.7 Å². The summed E-state index contributed by atoms with van der Waals surface area (Å²) in [6.07, 6.45) is 10.1. The summed E-state index contributed by atoms with van der Waals surface area (Å²) >= 11 is 4.16. The molecule has 0 aromatic heterocycles. The molecule has 0 bridgehead atoms. The molecule has 1 amide bonds. The summed E-state index contributed by atoms with van der Waals surface area (Å²) < 4.78 is 0. The fourth-order valence-electron chi connectivity index (χ4n) is 1.62. The molecule has 0 fully saturated rings. The van der Waals surface area contributed by atoms with Gasteiger partial charge in [0, 0.05) is 13.0 Å². The predicted molar refractivity (Wildman–Crippen MR) is 74.1 cm³/mol. The lowest BCUT2D eigenvalue weighted by Gasteiger charge is -2.04. The second kappa shape index (κ2) is 12.9. The van der Waals surface area contributed by atoms with Crippen molar-refractivity contribution in [3.63, 3.8) is 0 Å². The number of hydrogen-bond acceptors (Lipinski definition) is 2. The average Bonchev–Trinajstić information content (AvgIpc) is 2.29. The van der Waals surface area contributed by atoms with Crippen molar-refractivity contribution < 1.29 is 4.79 Å². The van der Waals surface area contributed by atoms with Crippen LogP contribution in [0.15, 0.2) is 0 Å². The molecule has 0 saturated carbocycles. The first-order valence-electron chi connectivity index (χ1n) is 6.68. The molecule has 0 spiro atoms. The van der Waals surface area contributed by atoms with Gasteiger partial charge in [-0.1, -0.05) is 39.0 Å². The van der Waals surface area contributed by atoms with Crippen LogP contribution in [-0.4, -0.2) is 18.2 Å². The van der Waals surface area contributed by atoms with Gasteiger partial charge in [-0.2, -0.15) is 12.6 Å². The highest BCUT2D eigenvalue weighted by Crippen LogP contribution is 2.02. The number of carbonyl (C=O) groups is 1. The van der Waals surface area contributed by atoms with Crippen molar-refractivity contribution in [2.24, 2.45) is 0 Å². The lowest BCUT2D eigenvalue weighted by atomic mass is 10.1. The first-order valence-corrected chi connectivity index (χ1v) is 7.32. The van der Waals surface area contributed by atoms with E-state index in [1.165, 1.54) is 38.5 Å². The van der Waals surface area contributed by atoms with Gasteiger partial charge in [0.25, 0.3) is 0 Å². The summed E-state index contributed by atoms with van der Waals surface area (Å²) in [5.41, 5.74) is 0. The van der Waals surface area contributed by atoms with Gasteiger partial charge >= 0.3 is 0 Å². The third kappa shape index (κ3) is 11.9. The summed E-state index contributed by atoms with van der Waals surface area (Å²) in [6.45, 7) is 3.03. The van der Waals surface area contributed by atoms with E-state index >= 15 is 0 Å². The Morgan fingerprint density at radius 1 is 1.00 bits per heavy atom. The van der Waals surface area contributed by atoms with Crippen molar-refractivity contribution in [3.05, 3.63) is 0 Å². The Hall–Kier alpha value is -0.180. The highest BCUT2D eigenvalue weighted by molar-refractivity contribution is 7.80. The molecule has 16 heavy (non-hydrogen) atoms. The lowest BCUT2D eigenvalue weighted by Crippen LogP contribution is -2.23. The Kier molecular flexibility index (Phi) is 12.7. The number of hydrogen-bond donors (Lipinski definition) is 2. The van der Waals surface area contributed by atoms with E-state index in [0.717, 1.165) is 25.1 Å². The number of amides is 1. The Morgan fingerprint density at radius 3 is 2.38 bits per heavy atom. The molecule has 0 aliphatic heterocycles. The number of carbonyl (C=O) groups excluding carboxylic acids is 1. The zero-order valence-electron chi connectivity index (χ0n) is 10.6. The van der Waals surface area contributed by atoms with Crippen LogP contribution >= 0.6 is 12.6 Å². The summed E-state index contributed by atoms with van der Waals surface area (Å²) in [5, 5.41) is 2.98. The van der Waals surface area contributed by atoms with Crippen molar-refractivity contribution in [1.29, 1.82) is 0 Å². The number of unbranched alkanes of at least 4 members (excludes halogenated alkanes) is 6.